The van der Waals surface area contributed by atoms with E-state index in [0.717, 1.165) is 22.9 Å². The van der Waals surface area contributed by atoms with Gasteiger partial charge in [-0.1, -0.05) is 30.3 Å². The Hall–Kier alpha value is -3.52. The van der Waals surface area contributed by atoms with Gasteiger partial charge in [0.2, 0.25) is 0 Å². The van der Waals surface area contributed by atoms with Gasteiger partial charge >= 0.3 is 0 Å². The van der Waals surface area contributed by atoms with Gasteiger partial charge in [-0.3, -0.25) is 4.79 Å². The number of hydrogen-bond acceptors (Lipinski definition) is 5. The fourth-order valence-electron chi connectivity index (χ4n) is 3.23. The van der Waals surface area contributed by atoms with E-state index < -0.39 is 0 Å². The molecule has 0 saturated heterocycles. The van der Waals surface area contributed by atoms with Gasteiger partial charge in [-0.25, -0.2) is 14.4 Å². The maximum absolute atomic E-state index is 13.5. The monoisotopic (exact) mass is 449 g/mol. The van der Waals surface area contributed by atoms with Crippen molar-refractivity contribution in [2.45, 2.75) is 20.0 Å². The normalized spacial score (nSPS) is 10.8. The van der Waals surface area contributed by atoms with E-state index in [0.29, 0.717) is 17.9 Å². The molecule has 2 heterocycles. The summed E-state index contributed by atoms with van der Waals surface area (Å²) in [5, 5.41) is 2.83. The molecule has 6 nitrogen and oxygen atoms in total. The van der Waals surface area contributed by atoms with Crippen molar-refractivity contribution in [3.63, 3.8) is 0 Å². The topological polar surface area (TPSA) is 54.3 Å². The number of benzene rings is 2. The van der Waals surface area contributed by atoms with E-state index in [-0.39, 0.29) is 18.3 Å². The molecule has 0 radical (unpaired) electrons. The molecule has 0 saturated carbocycles. The van der Waals surface area contributed by atoms with Gasteiger partial charge in [0, 0.05) is 37.4 Å². The van der Waals surface area contributed by atoms with Crippen molar-refractivity contribution < 1.29 is 9.18 Å². The third-order valence-corrected chi connectivity index (χ3v) is 6.11. The first-order chi connectivity index (χ1) is 15.5. The van der Waals surface area contributed by atoms with E-state index in [4.69, 9.17) is 0 Å². The van der Waals surface area contributed by atoms with E-state index in [1.165, 1.54) is 23.5 Å². The Morgan fingerprint density at radius 2 is 1.88 bits per heavy atom. The molecule has 2 aromatic heterocycles. The molecule has 0 aliphatic carbocycles. The standard InChI is InChI=1S/C24H24FN5OS/c1-3-28(2)24-27-20(16-32-24)14-30(21-11-9-19(25)10-12-21)23(31)22-15-29(17-26-22)13-18-7-5-4-6-8-18/h4-12,15-17H,3,13-14H2,1-2H3. The highest BCUT2D eigenvalue weighted by atomic mass is 32.1. The fraction of sp³-hybridized carbons (Fsp3) is 0.208. The summed E-state index contributed by atoms with van der Waals surface area (Å²) in [4.78, 5) is 26.0. The molecule has 0 aliphatic rings. The summed E-state index contributed by atoms with van der Waals surface area (Å²) in [6.45, 7) is 3.79. The second-order valence-electron chi connectivity index (χ2n) is 7.42. The van der Waals surface area contributed by atoms with Crippen LogP contribution in [-0.2, 0) is 13.1 Å². The van der Waals surface area contributed by atoms with Crippen molar-refractivity contribution in [1.29, 1.82) is 0 Å². The van der Waals surface area contributed by atoms with Crippen LogP contribution >= 0.6 is 11.3 Å². The highest BCUT2D eigenvalue weighted by Crippen LogP contribution is 2.24. The Morgan fingerprint density at radius 3 is 2.59 bits per heavy atom. The molecule has 32 heavy (non-hydrogen) atoms. The van der Waals surface area contributed by atoms with Crippen LogP contribution in [0.2, 0.25) is 0 Å². The van der Waals surface area contributed by atoms with Gasteiger partial charge in [-0.2, -0.15) is 0 Å². The van der Waals surface area contributed by atoms with Gasteiger partial charge < -0.3 is 14.4 Å². The molecule has 0 bridgehead atoms. The number of halogens is 1. The molecule has 0 atom stereocenters. The van der Waals surface area contributed by atoms with Crippen LogP contribution in [0.25, 0.3) is 0 Å². The average Bonchev–Trinajstić information content (AvgIpc) is 3.48. The second kappa shape index (κ2) is 9.74. The molecular formula is C24H24FN5OS. The second-order valence-corrected chi connectivity index (χ2v) is 8.26. The molecule has 4 aromatic rings. The van der Waals surface area contributed by atoms with Crippen molar-refractivity contribution in [2.75, 3.05) is 23.4 Å². The Morgan fingerprint density at radius 1 is 1.12 bits per heavy atom. The molecule has 8 heteroatoms. The van der Waals surface area contributed by atoms with Crippen LogP contribution in [0.15, 0.2) is 72.5 Å². The molecule has 0 spiro atoms. The molecule has 164 valence electrons. The fourth-order valence-corrected chi connectivity index (χ4v) is 4.08. The number of carbonyl (C=O) groups is 1. The van der Waals surface area contributed by atoms with E-state index in [1.54, 1.807) is 29.6 Å². The van der Waals surface area contributed by atoms with Gasteiger partial charge in [0.05, 0.1) is 18.6 Å². The summed E-state index contributed by atoms with van der Waals surface area (Å²) >= 11 is 1.53. The quantitative estimate of drug-likeness (QED) is 0.387. The number of aromatic nitrogens is 3. The zero-order valence-electron chi connectivity index (χ0n) is 18.0. The van der Waals surface area contributed by atoms with Crippen LogP contribution < -0.4 is 9.80 Å². The highest BCUT2D eigenvalue weighted by molar-refractivity contribution is 7.13. The van der Waals surface area contributed by atoms with Gasteiger partial charge in [-0.15, -0.1) is 11.3 Å². The predicted octanol–water partition coefficient (Wildman–Crippen LogP) is 4.83. The summed E-state index contributed by atoms with van der Waals surface area (Å²) in [6.07, 6.45) is 3.39. The first kappa shape index (κ1) is 21.7. The van der Waals surface area contributed by atoms with Gasteiger partial charge in [0.15, 0.2) is 5.13 Å². The Kier molecular flexibility index (Phi) is 6.61. The number of nitrogens with zero attached hydrogens (tertiary/aromatic N) is 5. The summed E-state index contributed by atoms with van der Waals surface area (Å²) in [5.74, 6) is -0.615. The van der Waals surface area contributed by atoms with Crippen LogP contribution in [0.5, 0.6) is 0 Å². The molecule has 4 rings (SSSR count). The van der Waals surface area contributed by atoms with Gasteiger partial charge in [-0.05, 0) is 36.8 Å². The number of imidazole rings is 1. The minimum Gasteiger partial charge on any atom is -0.351 e. The first-order valence-corrected chi connectivity index (χ1v) is 11.2. The molecule has 0 fully saturated rings. The molecule has 0 aliphatic heterocycles. The van der Waals surface area contributed by atoms with E-state index >= 15 is 0 Å². The number of anilines is 2. The molecule has 0 N–H and O–H groups in total. The molecule has 1 amide bonds. The van der Waals surface area contributed by atoms with Crippen molar-refractivity contribution in [2.24, 2.45) is 0 Å². The molecule has 2 aromatic carbocycles. The number of hydrogen-bond donors (Lipinski definition) is 0. The van der Waals surface area contributed by atoms with E-state index in [1.807, 2.05) is 52.2 Å². The minimum absolute atomic E-state index is 0.262. The van der Waals surface area contributed by atoms with Crippen molar-refractivity contribution in [3.05, 3.63) is 95.3 Å². The summed E-state index contributed by atoms with van der Waals surface area (Å²) in [5.41, 5.74) is 2.81. The smallest absolute Gasteiger partial charge is 0.278 e. The number of thiazole rings is 1. The zero-order chi connectivity index (χ0) is 22.5. The van der Waals surface area contributed by atoms with E-state index in [2.05, 4.69) is 16.9 Å². The van der Waals surface area contributed by atoms with Crippen LogP contribution in [0.4, 0.5) is 15.2 Å². The van der Waals surface area contributed by atoms with Gasteiger partial charge in [0.25, 0.3) is 5.91 Å². The molecular weight excluding hydrogens is 425 g/mol. The third kappa shape index (κ3) is 5.03. The van der Waals surface area contributed by atoms with Crippen molar-refractivity contribution in [3.8, 4) is 0 Å². The lowest BCUT2D eigenvalue weighted by molar-refractivity contribution is 0.0980. The van der Waals surface area contributed by atoms with Crippen LogP contribution in [0.3, 0.4) is 0 Å². The number of carbonyl (C=O) groups excluding carboxylic acids is 1. The molecule has 0 unspecified atom stereocenters. The lowest BCUT2D eigenvalue weighted by Crippen LogP contribution is -2.31. The minimum atomic E-state index is -0.353. The van der Waals surface area contributed by atoms with Crippen LogP contribution in [0, 0.1) is 5.82 Å². The maximum Gasteiger partial charge on any atom is 0.278 e. The van der Waals surface area contributed by atoms with Crippen LogP contribution in [-0.4, -0.2) is 34.0 Å². The SMILES string of the molecule is CCN(C)c1nc(CN(C(=O)c2cn(Cc3ccccc3)cn2)c2ccc(F)cc2)cs1. The van der Waals surface area contributed by atoms with E-state index in [9.17, 15) is 9.18 Å². The summed E-state index contributed by atoms with van der Waals surface area (Å²) in [7, 11) is 1.98. The van der Waals surface area contributed by atoms with Crippen LogP contribution in [0.1, 0.15) is 28.7 Å². The van der Waals surface area contributed by atoms with Crippen molar-refractivity contribution in [1.82, 2.24) is 14.5 Å². The summed E-state index contributed by atoms with van der Waals surface area (Å²) < 4.78 is 15.4. The number of rotatable bonds is 8. The van der Waals surface area contributed by atoms with Crippen molar-refractivity contribution >= 4 is 28.1 Å². The average molecular weight is 450 g/mol. The summed E-state index contributed by atoms with van der Waals surface area (Å²) in [6, 6.07) is 15.9. The number of amides is 1. The Balaban J connectivity index is 1.59. The Bertz CT molecular complexity index is 1170. The Labute approximate surface area is 190 Å². The maximum atomic E-state index is 13.5. The lowest BCUT2D eigenvalue weighted by Gasteiger charge is -2.21. The van der Waals surface area contributed by atoms with Gasteiger partial charge in [0.1, 0.15) is 11.5 Å². The highest BCUT2D eigenvalue weighted by Gasteiger charge is 2.22. The zero-order valence-corrected chi connectivity index (χ0v) is 18.8. The largest absolute Gasteiger partial charge is 0.351 e. The first-order valence-electron chi connectivity index (χ1n) is 10.3. The predicted molar refractivity (Wildman–Crippen MR) is 126 cm³/mol. The third-order valence-electron chi connectivity index (χ3n) is 5.10. The lowest BCUT2D eigenvalue weighted by atomic mass is 10.2.